The van der Waals surface area contributed by atoms with E-state index in [1.807, 2.05) is 6.07 Å². The van der Waals surface area contributed by atoms with Gasteiger partial charge in [0.25, 0.3) is 0 Å². The smallest absolute Gasteiger partial charge is 0.311 e. The van der Waals surface area contributed by atoms with Crippen LogP contribution in [0, 0.1) is 17.3 Å². The first-order valence-corrected chi connectivity index (χ1v) is 13.1. The molecule has 6 atom stereocenters. The second-order valence-electron chi connectivity index (χ2n) is 10.7. The average molecular weight is 457 g/mol. The van der Waals surface area contributed by atoms with E-state index in [0.29, 0.717) is 36.3 Å². The normalized spacial score (nSPS) is 32.4. The molecule has 2 saturated carbocycles. The van der Waals surface area contributed by atoms with Gasteiger partial charge < -0.3 is 14.6 Å². The maximum atomic E-state index is 12.3. The lowest BCUT2D eigenvalue weighted by Crippen LogP contribution is -2.45. The fourth-order valence-electron chi connectivity index (χ4n) is 6.75. The van der Waals surface area contributed by atoms with Crippen LogP contribution in [0.3, 0.4) is 0 Å². The summed E-state index contributed by atoms with van der Waals surface area (Å²) in [6.07, 6.45) is 8.33. The first-order chi connectivity index (χ1) is 15.9. The van der Waals surface area contributed by atoms with Crippen LogP contribution in [-0.4, -0.2) is 29.3 Å². The van der Waals surface area contributed by atoms with Crippen molar-refractivity contribution >= 4 is 11.9 Å². The number of esters is 2. The van der Waals surface area contributed by atoms with Crippen molar-refractivity contribution in [1.29, 1.82) is 0 Å². The van der Waals surface area contributed by atoms with Crippen LogP contribution in [0.5, 0.6) is 5.75 Å². The van der Waals surface area contributed by atoms with E-state index in [2.05, 4.69) is 32.9 Å². The number of ether oxygens (including phenoxy) is 2. The number of aliphatic hydroxyl groups excluding tert-OH is 1. The van der Waals surface area contributed by atoms with Gasteiger partial charge in [-0.15, -0.1) is 0 Å². The molecule has 5 nitrogen and oxygen atoms in total. The molecule has 0 heterocycles. The molecular weight excluding hydrogens is 416 g/mol. The third-order valence-corrected chi connectivity index (χ3v) is 8.63. The highest BCUT2D eigenvalue weighted by molar-refractivity contribution is 5.72. The zero-order chi connectivity index (χ0) is 23.6. The molecule has 182 valence electrons. The first-order valence-electron chi connectivity index (χ1n) is 13.1. The van der Waals surface area contributed by atoms with Gasteiger partial charge in [-0.05, 0) is 86.0 Å². The van der Waals surface area contributed by atoms with E-state index >= 15 is 0 Å². The fourth-order valence-corrected chi connectivity index (χ4v) is 6.75. The summed E-state index contributed by atoms with van der Waals surface area (Å²) in [5.74, 6) is 1.63. The highest BCUT2D eigenvalue weighted by atomic mass is 16.6. The van der Waals surface area contributed by atoms with Crippen LogP contribution in [0.4, 0.5) is 0 Å². The number of fused-ring (bicyclic) bond motifs is 5. The Morgan fingerprint density at radius 1 is 1.09 bits per heavy atom. The van der Waals surface area contributed by atoms with E-state index in [-0.39, 0.29) is 23.5 Å². The molecule has 1 aromatic carbocycles. The Balaban J connectivity index is 1.46. The molecule has 1 aromatic rings. The summed E-state index contributed by atoms with van der Waals surface area (Å²) in [6, 6.07) is 6.16. The molecule has 4 rings (SSSR count). The molecule has 3 aliphatic carbocycles. The Hall–Kier alpha value is -1.88. The maximum absolute atomic E-state index is 12.3. The van der Waals surface area contributed by atoms with Gasteiger partial charge in [0.2, 0.25) is 0 Å². The van der Waals surface area contributed by atoms with E-state index in [9.17, 15) is 14.7 Å². The van der Waals surface area contributed by atoms with Crippen molar-refractivity contribution in [2.45, 2.75) is 110 Å². The van der Waals surface area contributed by atoms with Crippen LogP contribution in [0.15, 0.2) is 18.2 Å². The van der Waals surface area contributed by atoms with Crippen molar-refractivity contribution < 1.29 is 24.2 Å². The quantitative estimate of drug-likeness (QED) is 0.401. The Morgan fingerprint density at radius 2 is 1.82 bits per heavy atom. The molecule has 0 aromatic heterocycles. The molecule has 0 bridgehead atoms. The van der Waals surface area contributed by atoms with Crippen molar-refractivity contribution in [3.8, 4) is 5.75 Å². The molecule has 33 heavy (non-hydrogen) atoms. The van der Waals surface area contributed by atoms with Crippen LogP contribution in [0.2, 0.25) is 0 Å². The summed E-state index contributed by atoms with van der Waals surface area (Å²) >= 11 is 0. The van der Waals surface area contributed by atoms with Crippen molar-refractivity contribution in [2.75, 3.05) is 0 Å². The Kier molecular flexibility index (Phi) is 7.47. The van der Waals surface area contributed by atoms with Crippen molar-refractivity contribution in [1.82, 2.24) is 0 Å². The molecule has 1 unspecified atom stereocenters. The van der Waals surface area contributed by atoms with E-state index in [1.165, 1.54) is 11.1 Å². The number of unbranched alkanes of at least 4 members (excludes halogenated alkanes) is 2. The number of aryl methyl sites for hydroxylation is 1. The van der Waals surface area contributed by atoms with Crippen LogP contribution in [-0.2, 0) is 20.7 Å². The van der Waals surface area contributed by atoms with Gasteiger partial charge in [-0.3, -0.25) is 9.59 Å². The van der Waals surface area contributed by atoms with Gasteiger partial charge in [-0.1, -0.05) is 39.7 Å². The van der Waals surface area contributed by atoms with Crippen molar-refractivity contribution in [2.24, 2.45) is 17.3 Å². The van der Waals surface area contributed by atoms with Crippen molar-refractivity contribution in [3.05, 3.63) is 29.3 Å². The Morgan fingerprint density at radius 3 is 2.55 bits per heavy atom. The Labute approximate surface area is 198 Å². The van der Waals surface area contributed by atoms with E-state index in [0.717, 1.165) is 57.8 Å². The summed E-state index contributed by atoms with van der Waals surface area (Å²) in [6.45, 7) is 6.33. The number of carbonyl (C=O) groups excluding carboxylic acids is 2. The number of hydrogen-bond acceptors (Lipinski definition) is 5. The molecule has 0 amide bonds. The molecule has 0 radical (unpaired) electrons. The van der Waals surface area contributed by atoms with Gasteiger partial charge in [0.1, 0.15) is 11.9 Å². The van der Waals surface area contributed by atoms with Crippen LogP contribution < -0.4 is 4.74 Å². The Bertz CT molecular complexity index is 864. The number of hydrogen-bond donors (Lipinski definition) is 1. The van der Waals surface area contributed by atoms with E-state index in [4.69, 9.17) is 9.47 Å². The maximum Gasteiger partial charge on any atom is 0.311 e. The highest BCUT2D eigenvalue weighted by Crippen LogP contribution is 2.61. The molecular formula is C28H40O5. The lowest BCUT2D eigenvalue weighted by molar-refractivity contribution is -0.156. The zero-order valence-electron chi connectivity index (χ0n) is 20.5. The molecule has 0 spiro atoms. The van der Waals surface area contributed by atoms with Crippen molar-refractivity contribution in [3.63, 3.8) is 0 Å². The lowest BCUT2D eigenvalue weighted by atomic mass is 9.55. The summed E-state index contributed by atoms with van der Waals surface area (Å²) in [5.41, 5.74) is 2.48. The van der Waals surface area contributed by atoms with Gasteiger partial charge in [-0.25, -0.2) is 0 Å². The number of aliphatic hydroxyl groups is 1. The van der Waals surface area contributed by atoms with Gasteiger partial charge in [-0.2, -0.15) is 0 Å². The van der Waals surface area contributed by atoms with Crippen LogP contribution >= 0.6 is 0 Å². The van der Waals surface area contributed by atoms with Crippen LogP contribution in [0.25, 0.3) is 0 Å². The summed E-state index contributed by atoms with van der Waals surface area (Å²) < 4.78 is 11.4. The number of benzene rings is 1. The average Bonchev–Trinajstić information content (AvgIpc) is 3.06. The summed E-state index contributed by atoms with van der Waals surface area (Å²) in [4.78, 5) is 24.3. The van der Waals surface area contributed by atoms with E-state index < -0.39 is 6.10 Å². The fraction of sp³-hybridized carbons (Fsp3) is 0.714. The molecule has 3 aliphatic rings. The van der Waals surface area contributed by atoms with Crippen LogP contribution in [0.1, 0.15) is 102 Å². The minimum absolute atomic E-state index is 0.154. The lowest BCUT2D eigenvalue weighted by Gasteiger charge is -2.49. The van der Waals surface area contributed by atoms with E-state index in [1.54, 1.807) is 0 Å². The third-order valence-electron chi connectivity index (χ3n) is 8.63. The second kappa shape index (κ2) is 10.2. The molecule has 0 saturated heterocycles. The predicted octanol–water partition coefficient (Wildman–Crippen LogP) is 5.71. The molecule has 0 aliphatic heterocycles. The standard InChI is InChI=1S/C28H40O5/c1-4-6-8-25(29)32-19-11-13-20-18(16-19)10-12-22-21(20)14-15-28(3)23(22)17-24(27(28)31)33-26(30)9-7-5-2/h11,13,16,21-24,27,31H,4-10,12,14-15,17H2,1-3H3/t21-,22-,23+,24-,27?,28+/m1/s1. The number of carbonyl (C=O) groups is 2. The van der Waals surface area contributed by atoms with Gasteiger partial charge in [0.15, 0.2) is 0 Å². The number of rotatable bonds is 8. The van der Waals surface area contributed by atoms with Gasteiger partial charge >= 0.3 is 11.9 Å². The topological polar surface area (TPSA) is 72.8 Å². The highest BCUT2D eigenvalue weighted by Gasteiger charge is 2.59. The third kappa shape index (κ3) is 4.84. The predicted molar refractivity (Wildman–Crippen MR) is 127 cm³/mol. The molecule has 2 fully saturated rings. The van der Waals surface area contributed by atoms with Gasteiger partial charge in [0.05, 0.1) is 6.10 Å². The minimum Gasteiger partial charge on any atom is -0.460 e. The zero-order valence-corrected chi connectivity index (χ0v) is 20.5. The second-order valence-corrected chi connectivity index (χ2v) is 10.7. The SMILES string of the molecule is CCCCC(=O)Oc1ccc2c(c1)CC[C@@H]1[C@@H]2CC[C@]2(C)C(O)[C@H](OC(=O)CCCC)C[C@@H]12. The summed E-state index contributed by atoms with van der Waals surface area (Å²) in [7, 11) is 0. The monoisotopic (exact) mass is 456 g/mol. The largest absolute Gasteiger partial charge is 0.460 e. The minimum atomic E-state index is -0.583. The molecule has 5 heteroatoms. The van der Waals surface area contributed by atoms with Gasteiger partial charge in [0, 0.05) is 18.3 Å². The first kappa shape index (κ1) is 24.3. The summed E-state index contributed by atoms with van der Waals surface area (Å²) in [5, 5.41) is 11.2. The molecule has 1 N–H and O–H groups in total.